The molecule has 1 aromatic heterocycles. The number of nitrogens with one attached hydrogen (secondary N) is 1. The Morgan fingerprint density at radius 2 is 1.86 bits per heavy atom. The summed E-state index contributed by atoms with van der Waals surface area (Å²) in [6, 6.07) is 16.6. The molecular formula is C27H25ClN2O4S. The maximum atomic E-state index is 13.1. The number of carbonyl (C=O) groups is 3. The highest BCUT2D eigenvalue weighted by atomic mass is 35.5. The Morgan fingerprint density at radius 3 is 2.51 bits per heavy atom. The number of halogens is 1. The minimum atomic E-state index is -1.08. The van der Waals surface area contributed by atoms with Crippen molar-refractivity contribution < 1.29 is 19.5 Å². The Bertz CT molecular complexity index is 1270. The van der Waals surface area contributed by atoms with Crippen LogP contribution in [-0.4, -0.2) is 34.3 Å². The number of nitrogens with zero attached hydrogens (tertiary/aromatic N) is 1. The number of hydrogen-bond donors (Lipinski definition) is 2. The molecule has 1 aliphatic rings. The van der Waals surface area contributed by atoms with Crippen molar-refractivity contribution in [3.63, 3.8) is 0 Å². The first kappa shape index (κ1) is 24.7. The summed E-state index contributed by atoms with van der Waals surface area (Å²) >= 11 is 7.14. The van der Waals surface area contributed by atoms with E-state index in [1.54, 1.807) is 23.1 Å². The van der Waals surface area contributed by atoms with Gasteiger partial charge in [-0.3, -0.25) is 9.59 Å². The van der Waals surface area contributed by atoms with Crippen LogP contribution in [0.1, 0.15) is 51.2 Å². The maximum absolute atomic E-state index is 13.1. The topological polar surface area (TPSA) is 86.7 Å². The predicted molar refractivity (Wildman–Crippen MR) is 139 cm³/mol. The second-order valence-electron chi connectivity index (χ2n) is 8.27. The van der Waals surface area contributed by atoms with Crippen LogP contribution in [0.5, 0.6) is 0 Å². The first-order valence-corrected chi connectivity index (χ1v) is 12.5. The quantitative estimate of drug-likeness (QED) is 0.393. The number of carboxylic acid groups (broad SMARTS) is 1. The molecule has 0 saturated heterocycles. The normalized spacial score (nSPS) is 13.9. The predicted octanol–water partition coefficient (Wildman–Crippen LogP) is 5.83. The van der Waals surface area contributed by atoms with E-state index < -0.39 is 5.97 Å². The van der Waals surface area contributed by atoms with Crippen LogP contribution in [-0.2, 0) is 22.6 Å². The van der Waals surface area contributed by atoms with Gasteiger partial charge in [-0.05, 0) is 47.7 Å². The van der Waals surface area contributed by atoms with E-state index in [-0.39, 0.29) is 23.3 Å². The van der Waals surface area contributed by atoms with Crippen molar-refractivity contribution in [2.75, 3.05) is 11.9 Å². The van der Waals surface area contributed by atoms with Gasteiger partial charge in [-0.2, -0.15) is 0 Å². The van der Waals surface area contributed by atoms with Gasteiger partial charge in [-0.15, -0.1) is 11.3 Å². The summed E-state index contributed by atoms with van der Waals surface area (Å²) in [5.41, 5.74) is 2.56. The lowest BCUT2D eigenvalue weighted by Crippen LogP contribution is -2.34. The highest BCUT2D eigenvalue weighted by molar-refractivity contribution is 7.17. The molecule has 0 saturated carbocycles. The van der Waals surface area contributed by atoms with Crippen LogP contribution in [0.25, 0.3) is 6.08 Å². The molecule has 8 heteroatoms. The smallest absolute Gasteiger partial charge is 0.339 e. The third kappa shape index (κ3) is 5.63. The van der Waals surface area contributed by atoms with Gasteiger partial charge >= 0.3 is 5.97 Å². The number of amides is 2. The summed E-state index contributed by atoms with van der Waals surface area (Å²) in [6.45, 7) is 2.63. The molecule has 1 atom stereocenters. The first-order chi connectivity index (χ1) is 16.9. The van der Waals surface area contributed by atoms with Gasteiger partial charge in [0.05, 0.1) is 18.0 Å². The molecule has 2 aromatic carbocycles. The fourth-order valence-corrected chi connectivity index (χ4v) is 5.59. The number of anilines is 1. The fraction of sp³-hybridized carbons (Fsp3) is 0.222. The van der Waals surface area contributed by atoms with Crippen molar-refractivity contribution in [2.24, 2.45) is 0 Å². The number of carbonyl (C=O) groups excluding carboxylic acids is 2. The van der Waals surface area contributed by atoms with Gasteiger partial charge in [0.25, 0.3) is 0 Å². The number of thiophene rings is 1. The molecule has 0 radical (unpaired) electrons. The standard InChI is InChI=1S/C27H25ClN2O4S/c1-2-20(18-6-4-3-5-7-18)25(32)29-26-24(27(33)34)21-14-15-30(16-22(21)35-26)23(31)13-10-17-8-11-19(28)12-9-17/h3-13,20H,2,14-16H2,1H3,(H,29,32)(H,33,34). The minimum Gasteiger partial charge on any atom is -0.478 e. The Labute approximate surface area is 212 Å². The number of rotatable bonds is 7. The number of aromatic carboxylic acids is 1. The summed E-state index contributed by atoms with van der Waals surface area (Å²) < 4.78 is 0. The van der Waals surface area contributed by atoms with E-state index in [4.69, 9.17) is 11.6 Å². The average Bonchev–Trinajstić information content (AvgIpc) is 3.21. The first-order valence-electron chi connectivity index (χ1n) is 11.3. The second kappa shape index (κ2) is 10.9. The van der Waals surface area contributed by atoms with E-state index in [2.05, 4.69) is 5.32 Å². The monoisotopic (exact) mass is 508 g/mol. The van der Waals surface area contributed by atoms with Crippen molar-refractivity contribution >= 4 is 51.8 Å². The van der Waals surface area contributed by atoms with Crippen molar-refractivity contribution in [3.05, 3.63) is 92.8 Å². The van der Waals surface area contributed by atoms with E-state index >= 15 is 0 Å². The van der Waals surface area contributed by atoms with Gasteiger partial charge in [0.15, 0.2) is 0 Å². The van der Waals surface area contributed by atoms with Crippen LogP contribution in [0.2, 0.25) is 5.02 Å². The highest BCUT2D eigenvalue weighted by Gasteiger charge is 2.30. The third-order valence-corrected chi connectivity index (χ3v) is 7.42. The van der Waals surface area contributed by atoms with Gasteiger partial charge in [0.2, 0.25) is 11.8 Å². The molecule has 2 amide bonds. The fourth-order valence-electron chi connectivity index (χ4n) is 4.21. The van der Waals surface area contributed by atoms with E-state index in [9.17, 15) is 19.5 Å². The van der Waals surface area contributed by atoms with E-state index in [0.717, 1.165) is 16.0 Å². The van der Waals surface area contributed by atoms with Crippen LogP contribution in [0, 0.1) is 0 Å². The zero-order valence-corrected chi connectivity index (χ0v) is 20.7. The van der Waals surface area contributed by atoms with Gasteiger partial charge < -0.3 is 15.3 Å². The lowest BCUT2D eigenvalue weighted by molar-refractivity contribution is -0.126. The molecule has 6 nitrogen and oxygen atoms in total. The van der Waals surface area contributed by atoms with Gasteiger partial charge in [0.1, 0.15) is 5.00 Å². The zero-order chi connectivity index (χ0) is 24.9. The molecule has 0 fully saturated rings. The largest absolute Gasteiger partial charge is 0.478 e. The minimum absolute atomic E-state index is 0.130. The van der Waals surface area contributed by atoms with Crippen LogP contribution < -0.4 is 5.32 Å². The molecule has 3 aromatic rings. The summed E-state index contributed by atoms with van der Waals surface area (Å²) in [6.07, 6.45) is 4.24. The Kier molecular flexibility index (Phi) is 7.68. The van der Waals surface area contributed by atoms with Crippen molar-refractivity contribution in [1.82, 2.24) is 4.90 Å². The summed E-state index contributed by atoms with van der Waals surface area (Å²) in [7, 11) is 0. The molecule has 2 N–H and O–H groups in total. The SMILES string of the molecule is CCC(C(=O)Nc1sc2c(c1C(=O)O)CCN(C(=O)C=Cc1ccc(Cl)cc1)C2)c1ccccc1. The van der Waals surface area contributed by atoms with Crippen molar-refractivity contribution in [3.8, 4) is 0 Å². The Morgan fingerprint density at radius 1 is 1.14 bits per heavy atom. The van der Waals surface area contributed by atoms with Gasteiger partial charge in [0, 0.05) is 22.5 Å². The number of fused-ring (bicyclic) bond motifs is 1. The molecule has 0 bridgehead atoms. The molecule has 1 unspecified atom stereocenters. The molecule has 1 aliphatic heterocycles. The molecule has 0 aliphatic carbocycles. The molecule has 0 spiro atoms. The molecule has 4 rings (SSSR count). The Hall–Kier alpha value is -3.42. The number of hydrogen-bond acceptors (Lipinski definition) is 4. The van der Waals surface area contributed by atoms with Crippen LogP contribution in [0.15, 0.2) is 60.7 Å². The van der Waals surface area contributed by atoms with Gasteiger partial charge in [-0.25, -0.2) is 4.79 Å². The summed E-state index contributed by atoms with van der Waals surface area (Å²) in [5.74, 6) is -1.85. The van der Waals surface area contributed by atoms with E-state index in [0.29, 0.717) is 41.5 Å². The molecule has 2 heterocycles. The van der Waals surface area contributed by atoms with Crippen molar-refractivity contribution in [1.29, 1.82) is 0 Å². The lowest BCUT2D eigenvalue weighted by atomic mass is 9.95. The van der Waals surface area contributed by atoms with Crippen LogP contribution in [0.3, 0.4) is 0 Å². The average molecular weight is 509 g/mol. The molecule has 35 heavy (non-hydrogen) atoms. The van der Waals surface area contributed by atoms with E-state index in [1.807, 2.05) is 49.4 Å². The van der Waals surface area contributed by atoms with Gasteiger partial charge in [-0.1, -0.05) is 61.0 Å². The molecular weight excluding hydrogens is 484 g/mol. The van der Waals surface area contributed by atoms with Crippen LogP contribution in [0.4, 0.5) is 5.00 Å². The Balaban J connectivity index is 1.52. The molecule has 180 valence electrons. The second-order valence-corrected chi connectivity index (χ2v) is 9.81. The van der Waals surface area contributed by atoms with E-state index in [1.165, 1.54) is 17.4 Å². The maximum Gasteiger partial charge on any atom is 0.339 e. The number of benzene rings is 2. The van der Waals surface area contributed by atoms with Crippen molar-refractivity contribution in [2.45, 2.75) is 32.2 Å². The highest BCUT2D eigenvalue weighted by Crippen LogP contribution is 2.38. The van der Waals surface area contributed by atoms with Crippen LogP contribution >= 0.6 is 22.9 Å². The summed E-state index contributed by atoms with van der Waals surface area (Å²) in [4.78, 5) is 40.4. The lowest BCUT2D eigenvalue weighted by Gasteiger charge is -2.26. The summed E-state index contributed by atoms with van der Waals surface area (Å²) in [5, 5.41) is 13.7. The third-order valence-electron chi connectivity index (χ3n) is 6.03. The number of carboxylic acids is 1. The zero-order valence-electron chi connectivity index (χ0n) is 19.2.